The van der Waals surface area contributed by atoms with E-state index in [1.807, 2.05) is 74.7 Å². The van der Waals surface area contributed by atoms with E-state index >= 15 is 0 Å². The first kappa shape index (κ1) is 49.6. The minimum atomic E-state index is -0.398. The van der Waals surface area contributed by atoms with Crippen LogP contribution in [-0.4, -0.2) is 22.9 Å². The first-order valence-electron chi connectivity index (χ1n) is 6.68. The summed E-state index contributed by atoms with van der Waals surface area (Å²) >= 11 is 0. The predicted octanol–water partition coefficient (Wildman–Crippen LogP) is 5.40. The number of hydrogen-bond acceptors (Lipinski definition) is 2. The SMILES string of the molecule is C.C.CC(C)[CH-]CO.C[CH-]C.C[CH-]C.[CH2-]C(O)C(C)C.[Y].[Y]. The van der Waals surface area contributed by atoms with Crippen LogP contribution in [0.15, 0.2) is 0 Å². The van der Waals surface area contributed by atoms with Crippen molar-refractivity contribution < 1.29 is 75.6 Å². The zero-order valence-corrected chi connectivity index (χ0v) is 20.6. The maximum Gasteiger partial charge on any atom is 0 e. The average molecular weight is 470 g/mol. The molecule has 0 fully saturated rings. The minimum Gasteiger partial charge on any atom is -0.428 e. The number of rotatable bonds is 3. The Hall–Kier alpha value is 2.13. The van der Waals surface area contributed by atoms with E-state index in [2.05, 4.69) is 6.92 Å². The van der Waals surface area contributed by atoms with E-state index in [9.17, 15) is 0 Å². The third kappa shape index (κ3) is 119. The fraction of sp³-hybridized carbons (Fsp3) is 0.778. The Kier molecular flexibility index (Phi) is 112. The molecule has 0 aliphatic heterocycles. The van der Waals surface area contributed by atoms with E-state index in [4.69, 9.17) is 10.2 Å². The maximum absolute atomic E-state index is 8.52. The normalized spacial score (nSPS) is 8.59. The van der Waals surface area contributed by atoms with Crippen LogP contribution >= 0.6 is 0 Å². The Morgan fingerprint density at radius 2 is 1.05 bits per heavy atom. The number of aliphatic hydroxyl groups is 2. The topological polar surface area (TPSA) is 40.5 Å². The summed E-state index contributed by atoms with van der Waals surface area (Å²) in [6.45, 7) is 19.5. The van der Waals surface area contributed by atoms with Crippen LogP contribution in [0.3, 0.4) is 0 Å². The Morgan fingerprint density at radius 3 is 1.05 bits per heavy atom. The summed E-state index contributed by atoms with van der Waals surface area (Å²) in [7, 11) is 0. The van der Waals surface area contributed by atoms with Crippen LogP contribution in [0.1, 0.15) is 70.2 Å². The smallest absolute Gasteiger partial charge is 0 e. The molecular weight excluding hydrogens is 426 g/mol. The van der Waals surface area contributed by atoms with Crippen molar-refractivity contribution in [1.82, 2.24) is 0 Å². The number of aliphatic hydroxyl groups excluding tert-OH is 2. The molecule has 0 aromatic rings. The molecule has 22 heavy (non-hydrogen) atoms. The van der Waals surface area contributed by atoms with Crippen LogP contribution in [0.2, 0.25) is 0 Å². The zero-order valence-electron chi connectivity index (χ0n) is 14.9. The fourth-order valence-corrected chi connectivity index (χ4v) is 0.211. The molecule has 0 amide bonds. The van der Waals surface area contributed by atoms with E-state index in [-0.39, 0.29) is 86.9 Å². The largest absolute Gasteiger partial charge is 0.428 e. The summed E-state index contributed by atoms with van der Waals surface area (Å²) in [5.41, 5.74) is 0. The van der Waals surface area contributed by atoms with Crippen LogP contribution < -0.4 is 0 Å². The molecule has 1 unspecified atom stereocenters. The van der Waals surface area contributed by atoms with Crippen molar-refractivity contribution in [3.8, 4) is 0 Å². The van der Waals surface area contributed by atoms with Crippen molar-refractivity contribution in [2.24, 2.45) is 11.8 Å². The first-order chi connectivity index (χ1) is 8.24. The van der Waals surface area contributed by atoms with E-state index in [0.29, 0.717) is 11.8 Å². The fourth-order valence-electron chi connectivity index (χ4n) is 0.211. The Bertz CT molecular complexity index is 101. The molecule has 0 aromatic carbocycles. The minimum absolute atomic E-state index is 0. The number of hydrogen-bond donors (Lipinski definition) is 2. The standard InChI is InChI=1S/2C5H11O.2C3H7.2CH4.2Y/c1-5(2)3-4-6;1-4(2)5(3)6;2*1-3-2;;;;/h3,5-6H,4H2,1-2H3;4-6H,3H2,1-2H3;2*3H,1-2H3;2*1H4;;/q4*-1;;;;. The van der Waals surface area contributed by atoms with E-state index in [0.717, 1.165) is 0 Å². The summed E-state index contributed by atoms with van der Waals surface area (Å²) in [6, 6.07) is 0. The summed E-state index contributed by atoms with van der Waals surface area (Å²) in [4.78, 5) is 0. The van der Waals surface area contributed by atoms with E-state index < -0.39 is 6.10 Å². The summed E-state index contributed by atoms with van der Waals surface area (Å²) < 4.78 is 0. The average Bonchev–Trinajstić information content (AvgIpc) is 2.20. The van der Waals surface area contributed by atoms with Gasteiger partial charge in [0, 0.05) is 65.4 Å². The van der Waals surface area contributed by atoms with Crippen molar-refractivity contribution in [3.63, 3.8) is 0 Å². The quantitative estimate of drug-likeness (QED) is 0.542. The van der Waals surface area contributed by atoms with Crippen molar-refractivity contribution in [2.75, 3.05) is 6.61 Å². The Balaban J connectivity index is -0.0000000195. The van der Waals surface area contributed by atoms with Gasteiger partial charge in [-0.1, -0.05) is 55.3 Å². The van der Waals surface area contributed by atoms with Gasteiger partial charge in [-0.3, -0.25) is 0 Å². The third-order valence-electron chi connectivity index (χ3n) is 1.35. The second kappa shape index (κ2) is 49.5. The Labute approximate surface area is 194 Å². The molecule has 1 atom stereocenters. The zero-order chi connectivity index (χ0) is 15.6. The second-order valence-electron chi connectivity index (χ2n) is 4.63. The van der Waals surface area contributed by atoms with Crippen LogP contribution in [0.25, 0.3) is 0 Å². The van der Waals surface area contributed by atoms with Crippen molar-refractivity contribution >= 4 is 0 Å². The molecule has 0 spiro atoms. The molecule has 0 saturated carbocycles. The second-order valence-corrected chi connectivity index (χ2v) is 4.63. The van der Waals surface area contributed by atoms with E-state index in [1.165, 1.54) is 0 Å². The molecule has 0 aromatic heterocycles. The van der Waals surface area contributed by atoms with Crippen LogP contribution in [0.4, 0.5) is 0 Å². The molecule has 2 radical (unpaired) electrons. The molecule has 0 bridgehead atoms. The molecule has 0 saturated heterocycles. The van der Waals surface area contributed by atoms with Crippen molar-refractivity contribution in [3.05, 3.63) is 26.2 Å². The van der Waals surface area contributed by atoms with Crippen molar-refractivity contribution in [1.29, 1.82) is 0 Å². The molecule has 0 rings (SSSR count). The molecule has 2 N–H and O–H groups in total. The third-order valence-corrected chi connectivity index (χ3v) is 1.35. The molecule has 4 heteroatoms. The van der Waals surface area contributed by atoms with Gasteiger partial charge in [0.1, 0.15) is 0 Å². The van der Waals surface area contributed by atoms with Gasteiger partial charge >= 0.3 is 0 Å². The monoisotopic (exact) mass is 470 g/mol. The predicted molar refractivity (Wildman–Crippen MR) is 97.2 cm³/mol. The molecular formula is C18H44O2Y2-4. The van der Waals surface area contributed by atoms with Gasteiger partial charge in [-0.05, 0) is 5.92 Å². The van der Waals surface area contributed by atoms with Gasteiger partial charge in [-0.25, -0.2) is 0 Å². The van der Waals surface area contributed by atoms with Crippen LogP contribution in [0, 0.1) is 38.0 Å². The maximum atomic E-state index is 8.52. The van der Waals surface area contributed by atoms with Gasteiger partial charge in [0.05, 0.1) is 0 Å². The van der Waals surface area contributed by atoms with Gasteiger partial charge in [0.25, 0.3) is 0 Å². The van der Waals surface area contributed by atoms with E-state index in [1.54, 1.807) is 0 Å². The molecule has 0 heterocycles. The Morgan fingerprint density at radius 1 is 0.864 bits per heavy atom. The summed E-state index contributed by atoms with van der Waals surface area (Å²) in [6.07, 6.45) is 5.45. The van der Waals surface area contributed by atoms with Gasteiger partial charge in [0.2, 0.25) is 0 Å². The van der Waals surface area contributed by atoms with Gasteiger partial charge < -0.3 is 36.4 Å². The van der Waals surface area contributed by atoms with Crippen LogP contribution in [0.5, 0.6) is 0 Å². The van der Waals surface area contributed by atoms with Gasteiger partial charge in [-0.15, -0.1) is 0 Å². The summed E-state index contributed by atoms with van der Waals surface area (Å²) in [5, 5.41) is 16.7. The molecule has 0 aliphatic rings. The molecule has 138 valence electrons. The van der Waals surface area contributed by atoms with Gasteiger partial charge in [-0.2, -0.15) is 33.6 Å². The first-order valence-corrected chi connectivity index (χ1v) is 6.68. The van der Waals surface area contributed by atoms with Gasteiger partial charge in [0.15, 0.2) is 0 Å². The molecule has 0 aliphatic carbocycles. The van der Waals surface area contributed by atoms with Crippen LogP contribution in [-0.2, 0) is 65.4 Å². The summed E-state index contributed by atoms with van der Waals surface area (Å²) in [5.74, 6) is 0.819. The van der Waals surface area contributed by atoms with Crippen molar-refractivity contribution in [2.45, 2.75) is 76.3 Å². The molecule has 2 nitrogen and oxygen atoms in total.